The van der Waals surface area contributed by atoms with Crippen LogP contribution in [0.4, 0.5) is 10.3 Å². The molecular weight excluding hydrogens is 381 g/mol. The van der Waals surface area contributed by atoms with Crippen LogP contribution in [-0.4, -0.2) is 56.5 Å². The summed E-state index contributed by atoms with van der Waals surface area (Å²) in [6, 6.07) is -0.243. The molecule has 0 aliphatic carbocycles. The van der Waals surface area contributed by atoms with E-state index in [1.165, 1.54) is 5.06 Å². The molecule has 2 aliphatic rings. The molecule has 152 valence electrons. The zero-order valence-electron chi connectivity index (χ0n) is 15.6. The molecule has 11 heteroatoms. The second-order valence-corrected chi connectivity index (χ2v) is 6.92. The molecule has 0 unspecified atom stereocenters. The quantitative estimate of drug-likeness (QED) is 0.790. The average molecular weight is 401 g/mol. The second-order valence-electron chi connectivity index (χ2n) is 6.92. The number of hydroxylamine groups is 2. The van der Waals surface area contributed by atoms with Crippen molar-refractivity contribution >= 4 is 17.8 Å². The summed E-state index contributed by atoms with van der Waals surface area (Å²) in [4.78, 5) is 47.9. The number of hydrogen-bond donors (Lipinski definition) is 1. The lowest BCUT2D eigenvalue weighted by Gasteiger charge is -2.33. The molecule has 2 saturated heterocycles. The molecule has 0 aromatic carbocycles. The van der Waals surface area contributed by atoms with E-state index >= 15 is 0 Å². The van der Waals surface area contributed by atoms with Crippen molar-refractivity contribution in [3.8, 4) is 0 Å². The van der Waals surface area contributed by atoms with Crippen LogP contribution in [0.15, 0.2) is 24.8 Å². The van der Waals surface area contributed by atoms with Crippen molar-refractivity contribution in [2.45, 2.75) is 25.3 Å². The van der Waals surface area contributed by atoms with Gasteiger partial charge in [-0.05, 0) is 12.8 Å². The smallest absolute Gasteiger partial charge is 0.270 e. The molecule has 4 rings (SSSR count). The van der Waals surface area contributed by atoms with Gasteiger partial charge in [0.2, 0.25) is 11.9 Å². The SMILES string of the molecule is NC(=O)c1nc(N2CCC(C(=O)N3OCC[C@H]3c3cnccn3)CC2)ncc1F. The van der Waals surface area contributed by atoms with Crippen LogP contribution in [-0.2, 0) is 9.63 Å². The third kappa shape index (κ3) is 3.86. The summed E-state index contributed by atoms with van der Waals surface area (Å²) >= 11 is 0. The topological polar surface area (TPSA) is 127 Å². The van der Waals surface area contributed by atoms with Gasteiger partial charge in [-0.15, -0.1) is 0 Å². The third-order valence-electron chi connectivity index (χ3n) is 5.14. The Morgan fingerprint density at radius 1 is 1.14 bits per heavy atom. The highest BCUT2D eigenvalue weighted by molar-refractivity contribution is 5.91. The lowest BCUT2D eigenvalue weighted by Crippen LogP contribution is -2.42. The van der Waals surface area contributed by atoms with Gasteiger partial charge in [0.25, 0.3) is 5.91 Å². The van der Waals surface area contributed by atoms with Crippen molar-refractivity contribution in [2.75, 3.05) is 24.6 Å². The van der Waals surface area contributed by atoms with Crippen molar-refractivity contribution in [2.24, 2.45) is 11.7 Å². The van der Waals surface area contributed by atoms with Crippen molar-refractivity contribution in [1.82, 2.24) is 25.0 Å². The number of carbonyl (C=O) groups is 2. The van der Waals surface area contributed by atoms with Gasteiger partial charge < -0.3 is 10.6 Å². The van der Waals surface area contributed by atoms with Gasteiger partial charge in [0.05, 0.1) is 24.7 Å². The molecule has 2 N–H and O–H groups in total. The average Bonchev–Trinajstić information content (AvgIpc) is 3.24. The molecular formula is C18H20FN7O3. The van der Waals surface area contributed by atoms with Gasteiger partial charge >= 0.3 is 0 Å². The maximum Gasteiger partial charge on any atom is 0.270 e. The zero-order chi connectivity index (χ0) is 20.4. The molecule has 2 aliphatic heterocycles. The summed E-state index contributed by atoms with van der Waals surface area (Å²) in [6.07, 6.45) is 7.54. The van der Waals surface area contributed by atoms with Gasteiger partial charge in [0, 0.05) is 37.8 Å². The van der Waals surface area contributed by atoms with E-state index in [1.54, 1.807) is 23.5 Å². The van der Waals surface area contributed by atoms with E-state index < -0.39 is 17.4 Å². The van der Waals surface area contributed by atoms with E-state index in [2.05, 4.69) is 19.9 Å². The van der Waals surface area contributed by atoms with Crippen LogP contribution < -0.4 is 10.6 Å². The zero-order valence-corrected chi connectivity index (χ0v) is 15.6. The molecule has 4 heterocycles. The predicted molar refractivity (Wildman–Crippen MR) is 97.6 cm³/mol. The largest absolute Gasteiger partial charge is 0.364 e. The molecule has 2 fully saturated rings. The molecule has 2 aromatic rings. The number of primary amides is 1. The molecule has 0 bridgehead atoms. The summed E-state index contributed by atoms with van der Waals surface area (Å²) in [5.74, 6) is -1.89. The summed E-state index contributed by atoms with van der Waals surface area (Å²) in [6.45, 7) is 1.43. The lowest BCUT2D eigenvalue weighted by atomic mass is 9.95. The Balaban J connectivity index is 1.41. The Morgan fingerprint density at radius 2 is 1.93 bits per heavy atom. The minimum Gasteiger partial charge on any atom is -0.364 e. The van der Waals surface area contributed by atoms with Crippen LogP contribution in [0, 0.1) is 11.7 Å². The fourth-order valence-electron chi connectivity index (χ4n) is 3.63. The van der Waals surface area contributed by atoms with Crippen LogP contribution >= 0.6 is 0 Å². The van der Waals surface area contributed by atoms with Gasteiger partial charge in [-0.2, -0.15) is 0 Å². The number of rotatable bonds is 4. The molecule has 0 spiro atoms. The number of nitrogens with zero attached hydrogens (tertiary/aromatic N) is 6. The van der Waals surface area contributed by atoms with E-state index in [-0.39, 0.29) is 23.8 Å². The van der Waals surface area contributed by atoms with Gasteiger partial charge in [-0.3, -0.25) is 24.4 Å². The first kappa shape index (κ1) is 19.1. The first-order chi connectivity index (χ1) is 14.0. The summed E-state index contributed by atoms with van der Waals surface area (Å²) in [5.41, 5.74) is 5.41. The molecule has 0 radical (unpaired) electrons. The summed E-state index contributed by atoms with van der Waals surface area (Å²) in [7, 11) is 0. The highest BCUT2D eigenvalue weighted by Crippen LogP contribution is 2.32. The van der Waals surface area contributed by atoms with Crippen molar-refractivity contribution in [3.05, 3.63) is 42.0 Å². The van der Waals surface area contributed by atoms with Crippen LogP contribution in [0.2, 0.25) is 0 Å². The van der Waals surface area contributed by atoms with Gasteiger partial charge in [-0.1, -0.05) is 0 Å². The molecule has 10 nitrogen and oxygen atoms in total. The molecule has 29 heavy (non-hydrogen) atoms. The Labute approximate surface area is 165 Å². The number of aromatic nitrogens is 4. The number of amides is 2. The number of nitrogens with two attached hydrogens (primary N) is 1. The van der Waals surface area contributed by atoms with Crippen molar-refractivity contribution < 1.29 is 18.8 Å². The van der Waals surface area contributed by atoms with E-state index in [0.29, 0.717) is 44.7 Å². The molecule has 1 atom stereocenters. The normalized spacial score (nSPS) is 20.1. The van der Waals surface area contributed by atoms with Gasteiger partial charge in [0.15, 0.2) is 11.5 Å². The van der Waals surface area contributed by atoms with E-state index in [4.69, 9.17) is 10.6 Å². The third-order valence-corrected chi connectivity index (χ3v) is 5.14. The van der Waals surface area contributed by atoms with E-state index in [0.717, 1.165) is 6.20 Å². The fraction of sp³-hybridized carbons (Fsp3) is 0.444. The number of halogens is 1. The van der Waals surface area contributed by atoms with Crippen molar-refractivity contribution in [1.29, 1.82) is 0 Å². The molecule has 2 aromatic heterocycles. The highest BCUT2D eigenvalue weighted by atomic mass is 19.1. The van der Waals surface area contributed by atoms with Gasteiger partial charge in [0.1, 0.15) is 6.04 Å². The number of piperidine rings is 1. The Bertz CT molecular complexity index is 906. The Morgan fingerprint density at radius 3 is 2.62 bits per heavy atom. The van der Waals surface area contributed by atoms with E-state index in [1.807, 2.05) is 0 Å². The maximum absolute atomic E-state index is 13.6. The minimum atomic E-state index is -0.947. The first-order valence-corrected chi connectivity index (χ1v) is 9.34. The highest BCUT2D eigenvalue weighted by Gasteiger charge is 2.38. The summed E-state index contributed by atoms with van der Waals surface area (Å²) < 4.78 is 13.6. The number of hydrogen-bond acceptors (Lipinski definition) is 8. The number of anilines is 1. The van der Waals surface area contributed by atoms with Crippen LogP contribution in [0.5, 0.6) is 0 Å². The van der Waals surface area contributed by atoms with Crippen LogP contribution in [0.1, 0.15) is 41.5 Å². The first-order valence-electron chi connectivity index (χ1n) is 9.34. The van der Waals surface area contributed by atoms with Crippen LogP contribution in [0.25, 0.3) is 0 Å². The standard InChI is InChI=1S/C18H20FN7O3/c19-12-9-23-18(24-15(12)16(20)27)25-6-1-11(2-7-25)17(28)26-14(3-8-29-26)13-10-21-4-5-22-13/h4-5,9-11,14H,1-3,6-8H2,(H2,20,27)/t14-/m0/s1. The van der Waals surface area contributed by atoms with Crippen LogP contribution in [0.3, 0.4) is 0 Å². The Kier molecular flexibility index (Phi) is 5.30. The monoisotopic (exact) mass is 401 g/mol. The second kappa shape index (κ2) is 8.03. The minimum absolute atomic E-state index is 0.0874. The van der Waals surface area contributed by atoms with Gasteiger partial charge in [-0.25, -0.2) is 19.4 Å². The predicted octanol–water partition coefficient (Wildman–Crippen LogP) is 0.626. The fourth-order valence-corrected chi connectivity index (χ4v) is 3.63. The molecule has 2 amide bonds. The summed E-state index contributed by atoms with van der Waals surface area (Å²) in [5, 5.41) is 1.42. The maximum atomic E-state index is 13.6. The Hall–Kier alpha value is -3.21. The van der Waals surface area contributed by atoms with Crippen molar-refractivity contribution in [3.63, 3.8) is 0 Å². The lowest BCUT2D eigenvalue weighted by molar-refractivity contribution is -0.182. The van der Waals surface area contributed by atoms with E-state index in [9.17, 15) is 14.0 Å². The number of carbonyl (C=O) groups excluding carboxylic acids is 2. The molecule has 0 saturated carbocycles.